The Kier molecular flexibility index (Phi) is 4.06. The molecule has 20 heavy (non-hydrogen) atoms. The zero-order valence-electron chi connectivity index (χ0n) is 10.6. The van der Waals surface area contributed by atoms with Crippen LogP contribution in [0.15, 0.2) is 47.4 Å². The van der Waals surface area contributed by atoms with Crippen molar-refractivity contribution in [2.75, 3.05) is 17.6 Å². The van der Waals surface area contributed by atoms with Crippen LogP contribution in [-0.2, 0) is 10.0 Å². The minimum Gasteiger partial charge on any atom is -0.497 e. The van der Waals surface area contributed by atoms with Gasteiger partial charge in [0.2, 0.25) is 0 Å². The first-order valence-corrected chi connectivity index (χ1v) is 7.50. The summed E-state index contributed by atoms with van der Waals surface area (Å²) in [5.74, 6) is 0.503. The van der Waals surface area contributed by atoms with Gasteiger partial charge in [-0.3, -0.25) is 4.72 Å². The number of nitrogens with one attached hydrogen (secondary N) is 1. The second-order valence-corrected chi connectivity index (χ2v) is 6.13. The molecule has 3 N–H and O–H groups in total. The molecular formula is C13H13ClN2O3S. The van der Waals surface area contributed by atoms with Crippen molar-refractivity contribution in [3.63, 3.8) is 0 Å². The molecule has 0 aromatic heterocycles. The average Bonchev–Trinajstić information content (AvgIpc) is 2.41. The number of hydrogen-bond donors (Lipinski definition) is 2. The van der Waals surface area contributed by atoms with Gasteiger partial charge < -0.3 is 10.5 Å². The lowest BCUT2D eigenvalue weighted by molar-refractivity contribution is 0.415. The first kappa shape index (κ1) is 14.5. The number of ether oxygens (including phenoxy) is 1. The van der Waals surface area contributed by atoms with Gasteiger partial charge in [-0.25, -0.2) is 8.42 Å². The molecule has 5 nitrogen and oxygen atoms in total. The molecular weight excluding hydrogens is 300 g/mol. The second kappa shape index (κ2) is 5.60. The highest BCUT2D eigenvalue weighted by Crippen LogP contribution is 2.27. The third-order valence-electron chi connectivity index (χ3n) is 2.61. The number of sulfonamides is 1. The lowest BCUT2D eigenvalue weighted by atomic mass is 10.2. The van der Waals surface area contributed by atoms with E-state index >= 15 is 0 Å². The van der Waals surface area contributed by atoms with Crippen LogP contribution in [0.4, 0.5) is 11.4 Å². The van der Waals surface area contributed by atoms with Gasteiger partial charge in [0.1, 0.15) is 5.75 Å². The Morgan fingerprint density at radius 1 is 1.20 bits per heavy atom. The average molecular weight is 313 g/mol. The van der Waals surface area contributed by atoms with Gasteiger partial charge >= 0.3 is 0 Å². The standard InChI is InChI=1S/C13H13ClN2O3S/c1-19-10-5-6-12(15)13(8-10)16-20(17,18)11-4-2-3-9(14)7-11/h2-8,16H,15H2,1H3. The van der Waals surface area contributed by atoms with E-state index in [1.165, 1.54) is 25.3 Å². The monoisotopic (exact) mass is 312 g/mol. The van der Waals surface area contributed by atoms with Gasteiger partial charge in [0.05, 0.1) is 23.4 Å². The first-order valence-electron chi connectivity index (χ1n) is 5.64. The van der Waals surface area contributed by atoms with E-state index in [1.807, 2.05) is 0 Å². The third-order valence-corrected chi connectivity index (χ3v) is 4.21. The van der Waals surface area contributed by atoms with Crippen LogP contribution in [0.1, 0.15) is 0 Å². The van der Waals surface area contributed by atoms with Crippen molar-refractivity contribution < 1.29 is 13.2 Å². The van der Waals surface area contributed by atoms with E-state index in [9.17, 15) is 8.42 Å². The number of benzene rings is 2. The van der Waals surface area contributed by atoms with Crippen molar-refractivity contribution in [1.82, 2.24) is 0 Å². The fourth-order valence-corrected chi connectivity index (χ4v) is 2.97. The Morgan fingerprint density at radius 3 is 2.60 bits per heavy atom. The minimum absolute atomic E-state index is 0.0622. The quantitative estimate of drug-likeness (QED) is 0.851. The highest BCUT2D eigenvalue weighted by molar-refractivity contribution is 7.92. The summed E-state index contributed by atoms with van der Waals surface area (Å²) < 4.78 is 31.9. The molecule has 2 rings (SSSR count). The van der Waals surface area contributed by atoms with Crippen molar-refractivity contribution in [1.29, 1.82) is 0 Å². The summed E-state index contributed by atoms with van der Waals surface area (Å²) in [5, 5.41) is 0.339. The molecule has 0 atom stereocenters. The maximum Gasteiger partial charge on any atom is 0.262 e. The van der Waals surface area contributed by atoms with Crippen LogP contribution < -0.4 is 15.2 Å². The predicted octanol–water partition coefficient (Wildman–Crippen LogP) is 2.73. The largest absolute Gasteiger partial charge is 0.497 e. The van der Waals surface area contributed by atoms with Crippen LogP contribution in [0.5, 0.6) is 5.75 Å². The van der Waals surface area contributed by atoms with Crippen LogP contribution in [0.3, 0.4) is 0 Å². The van der Waals surface area contributed by atoms with Gasteiger partial charge in [0, 0.05) is 11.1 Å². The van der Waals surface area contributed by atoms with E-state index in [-0.39, 0.29) is 10.6 Å². The molecule has 106 valence electrons. The van der Waals surface area contributed by atoms with Crippen molar-refractivity contribution in [2.24, 2.45) is 0 Å². The molecule has 0 aliphatic heterocycles. The molecule has 0 unspecified atom stereocenters. The Hall–Kier alpha value is -1.92. The normalized spacial score (nSPS) is 11.1. The van der Waals surface area contributed by atoms with Crippen molar-refractivity contribution in [3.05, 3.63) is 47.5 Å². The lowest BCUT2D eigenvalue weighted by Gasteiger charge is -2.11. The smallest absolute Gasteiger partial charge is 0.262 e. The van der Waals surface area contributed by atoms with Gasteiger partial charge in [-0.15, -0.1) is 0 Å². The van der Waals surface area contributed by atoms with Crippen LogP contribution in [0.2, 0.25) is 5.02 Å². The van der Waals surface area contributed by atoms with Crippen LogP contribution in [0.25, 0.3) is 0 Å². The summed E-state index contributed by atoms with van der Waals surface area (Å²) in [7, 11) is -2.27. The van der Waals surface area contributed by atoms with Crippen molar-refractivity contribution in [2.45, 2.75) is 4.90 Å². The highest BCUT2D eigenvalue weighted by Gasteiger charge is 2.16. The van der Waals surface area contributed by atoms with Gasteiger partial charge in [-0.05, 0) is 30.3 Å². The van der Waals surface area contributed by atoms with Gasteiger partial charge in [0.25, 0.3) is 10.0 Å². The molecule has 2 aromatic carbocycles. The Labute approximate surface area is 122 Å². The van der Waals surface area contributed by atoms with E-state index < -0.39 is 10.0 Å². The minimum atomic E-state index is -3.75. The van der Waals surface area contributed by atoms with Crippen LogP contribution >= 0.6 is 11.6 Å². The number of methoxy groups -OCH3 is 1. The number of nitrogen functional groups attached to an aromatic ring is 1. The molecule has 0 aliphatic rings. The molecule has 0 spiro atoms. The van der Waals surface area contributed by atoms with Crippen LogP contribution in [-0.4, -0.2) is 15.5 Å². The summed E-state index contributed by atoms with van der Waals surface area (Å²) in [5.41, 5.74) is 6.31. The summed E-state index contributed by atoms with van der Waals surface area (Å²) in [4.78, 5) is 0.0622. The topological polar surface area (TPSA) is 81.4 Å². The summed E-state index contributed by atoms with van der Waals surface area (Å²) in [6, 6.07) is 10.7. The predicted molar refractivity (Wildman–Crippen MR) is 79.7 cm³/mol. The Balaban J connectivity index is 2.38. The van der Waals surface area contributed by atoms with E-state index in [0.29, 0.717) is 16.5 Å². The fourth-order valence-electron chi connectivity index (χ4n) is 1.59. The van der Waals surface area contributed by atoms with Crippen molar-refractivity contribution in [3.8, 4) is 5.75 Å². The fraction of sp³-hybridized carbons (Fsp3) is 0.0769. The summed E-state index contributed by atoms with van der Waals surface area (Å²) in [6.45, 7) is 0. The van der Waals surface area contributed by atoms with Crippen LogP contribution in [0, 0.1) is 0 Å². The zero-order chi connectivity index (χ0) is 14.8. The van der Waals surface area contributed by atoms with E-state index in [2.05, 4.69) is 4.72 Å². The van der Waals surface area contributed by atoms with E-state index in [1.54, 1.807) is 24.3 Å². The number of anilines is 2. The molecule has 0 heterocycles. The lowest BCUT2D eigenvalue weighted by Crippen LogP contribution is -2.14. The Morgan fingerprint density at radius 2 is 1.95 bits per heavy atom. The molecule has 0 amide bonds. The maximum absolute atomic E-state index is 12.2. The number of nitrogens with two attached hydrogens (primary N) is 1. The molecule has 0 saturated carbocycles. The molecule has 0 fully saturated rings. The highest BCUT2D eigenvalue weighted by atomic mass is 35.5. The van der Waals surface area contributed by atoms with Gasteiger partial charge in [-0.2, -0.15) is 0 Å². The van der Waals surface area contributed by atoms with E-state index in [0.717, 1.165) is 0 Å². The molecule has 2 aromatic rings. The Bertz CT molecular complexity index is 732. The van der Waals surface area contributed by atoms with E-state index in [4.69, 9.17) is 22.1 Å². The maximum atomic E-state index is 12.2. The number of rotatable bonds is 4. The van der Waals surface area contributed by atoms with Gasteiger partial charge in [0.15, 0.2) is 0 Å². The van der Waals surface area contributed by atoms with Gasteiger partial charge in [-0.1, -0.05) is 17.7 Å². The molecule has 0 bridgehead atoms. The summed E-state index contributed by atoms with van der Waals surface area (Å²) >= 11 is 5.80. The SMILES string of the molecule is COc1ccc(N)c(NS(=O)(=O)c2cccc(Cl)c2)c1. The molecule has 0 radical (unpaired) electrons. The molecule has 7 heteroatoms. The molecule has 0 saturated heterocycles. The zero-order valence-corrected chi connectivity index (χ0v) is 12.2. The second-order valence-electron chi connectivity index (χ2n) is 4.02. The number of halogens is 1. The number of hydrogen-bond acceptors (Lipinski definition) is 4. The van der Waals surface area contributed by atoms with Crippen molar-refractivity contribution >= 4 is 33.0 Å². The summed E-state index contributed by atoms with van der Waals surface area (Å²) in [6.07, 6.45) is 0. The first-order chi connectivity index (χ1) is 9.42. The third kappa shape index (κ3) is 3.15. The molecule has 0 aliphatic carbocycles.